The fourth-order valence-corrected chi connectivity index (χ4v) is 3.62. The van der Waals surface area contributed by atoms with Gasteiger partial charge in [-0.3, -0.25) is 9.48 Å². The lowest BCUT2D eigenvalue weighted by Gasteiger charge is -2.29. The summed E-state index contributed by atoms with van der Waals surface area (Å²) in [6.45, 7) is 5.28. The monoisotopic (exact) mass is 348 g/mol. The number of benzene rings is 1. The molecule has 2 heterocycles. The number of aryl methyl sites for hydroxylation is 1. The summed E-state index contributed by atoms with van der Waals surface area (Å²) >= 11 is 1.65. The number of fused-ring (bicyclic) bond motifs is 1. The molecular formula is C17H24N4O2S. The average molecular weight is 348 g/mol. The molecule has 1 amide bonds. The van der Waals surface area contributed by atoms with E-state index >= 15 is 0 Å². The Labute approximate surface area is 146 Å². The van der Waals surface area contributed by atoms with E-state index in [4.69, 9.17) is 4.74 Å². The molecule has 0 atom stereocenters. The molecule has 3 rings (SSSR count). The summed E-state index contributed by atoms with van der Waals surface area (Å²) < 4.78 is 7.28. The van der Waals surface area contributed by atoms with Crippen LogP contribution in [-0.4, -0.2) is 53.5 Å². The highest BCUT2D eigenvalue weighted by Crippen LogP contribution is 2.33. The number of rotatable bonds is 6. The molecule has 0 unspecified atom stereocenters. The van der Waals surface area contributed by atoms with Crippen LogP contribution in [0.1, 0.15) is 13.3 Å². The molecular weight excluding hydrogens is 324 g/mol. The molecule has 0 radical (unpaired) electrons. The van der Waals surface area contributed by atoms with Crippen LogP contribution in [0.15, 0.2) is 18.2 Å². The minimum Gasteiger partial charge on any atom is -0.378 e. The summed E-state index contributed by atoms with van der Waals surface area (Å²) in [6.07, 6.45) is 1.08. The van der Waals surface area contributed by atoms with Gasteiger partial charge in [0.1, 0.15) is 0 Å². The van der Waals surface area contributed by atoms with Crippen LogP contribution in [0, 0.1) is 0 Å². The van der Waals surface area contributed by atoms with Crippen molar-refractivity contribution in [2.45, 2.75) is 13.3 Å². The molecule has 0 spiro atoms. The average Bonchev–Trinajstić information content (AvgIpc) is 2.92. The number of amides is 1. The minimum absolute atomic E-state index is 0.00484. The van der Waals surface area contributed by atoms with E-state index in [2.05, 4.69) is 28.3 Å². The zero-order valence-corrected chi connectivity index (χ0v) is 15.1. The van der Waals surface area contributed by atoms with Crippen LogP contribution in [0.4, 0.5) is 11.5 Å². The van der Waals surface area contributed by atoms with Gasteiger partial charge in [-0.2, -0.15) is 16.9 Å². The third-order valence-electron chi connectivity index (χ3n) is 4.05. The van der Waals surface area contributed by atoms with Crippen LogP contribution in [0.3, 0.4) is 0 Å². The molecule has 1 aromatic heterocycles. The van der Waals surface area contributed by atoms with Crippen LogP contribution in [0.5, 0.6) is 0 Å². The second kappa shape index (κ2) is 7.90. The Balaban J connectivity index is 1.88. The highest BCUT2D eigenvalue weighted by Gasteiger charge is 2.20. The summed E-state index contributed by atoms with van der Waals surface area (Å²) in [5.74, 6) is 2.11. The molecule has 130 valence electrons. The highest BCUT2D eigenvalue weighted by atomic mass is 32.2. The van der Waals surface area contributed by atoms with Crippen molar-refractivity contribution in [3.8, 4) is 0 Å². The molecule has 24 heavy (non-hydrogen) atoms. The Morgan fingerprint density at radius 3 is 2.92 bits per heavy atom. The zero-order chi connectivity index (χ0) is 16.9. The van der Waals surface area contributed by atoms with Crippen molar-refractivity contribution < 1.29 is 9.53 Å². The van der Waals surface area contributed by atoms with Crippen molar-refractivity contribution in [1.29, 1.82) is 0 Å². The van der Waals surface area contributed by atoms with Gasteiger partial charge >= 0.3 is 0 Å². The van der Waals surface area contributed by atoms with Crippen molar-refractivity contribution in [3.05, 3.63) is 18.2 Å². The van der Waals surface area contributed by atoms with Gasteiger partial charge in [0.05, 0.1) is 35.6 Å². The number of aromatic nitrogens is 2. The number of ether oxygens (including phenoxy) is 1. The first kappa shape index (κ1) is 17.1. The van der Waals surface area contributed by atoms with Crippen LogP contribution >= 0.6 is 11.8 Å². The largest absolute Gasteiger partial charge is 0.378 e. The van der Waals surface area contributed by atoms with Gasteiger partial charge in [-0.05, 0) is 24.3 Å². The van der Waals surface area contributed by atoms with Gasteiger partial charge in [-0.1, -0.05) is 13.0 Å². The second-order valence-corrected chi connectivity index (χ2v) is 6.95. The van der Waals surface area contributed by atoms with Gasteiger partial charge in [-0.25, -0.2) is 0 Å². The van der Waals surface area contributed by atoms with Gasteiger partial charge in [0, 0.05) is 20.1 Å². The summed E-state index contributed by atoms with van der Waals surface area (Å²) in [6, 6.07) is 6.17. The Morgan fingerprint density at radius 1 is 1.38 bits per heavy atom. The van der Waals surface area contributed by atoms with E-state index < -0.39 is 0 Å². The van der Waals surface area contributed by atoms with Gasteiger partial charge in [0.2, 0.25) is 5.91 Å². The maximum Gasteiger partial charge on any atom is 0.235 e. The molecule has 1 N–H and O–H groups in total. The number of nitrogens with one attached hydrogen (secondary N) is 1. The van der Waals surface area contributed by atoms with Crippen LogP contribution < -0.4 is 10.2 Å². The molecule has 2 aromatic rings. The summed E-state index contributed by atoms with van der Waals surface area (Å²) in [5, 5.41) is 8.54. The van der Waals surface area contributed by atoms with E-state index in [0.29, 0.717) is 11.6 Å². The van der Waals surface area contributed by atoms with E-state index in [1.807, 2.05) is 23.9 Å². The van der Waals surface area contributed by atoms with Crippen molar-refractivity contribution >= 4 is 40.1 Å². The van der Waals surface area contributed by atoms with Crippen LogP contribution in [0.25, 0.3) is 10.9 Å². The van der Waals surface area contributed by atoms with E-state index in [0.717, 1.165) is 55.1 Å². The fraction of sp³-hybridized carbons (Fsp3) is 0.529. The van der Waals surface area contributed by atoms with Crippen LogP contribution in [-0.2, 0) is 16.6 Å². The number of hydrogen-bond donors (Lipinski definition) is 1. The maximum absolute atomic E-state index is 12.2. The number of nitrogens with zero attached hydrogens (tertiary/aromatic N) is 3. The molecule has 1 aliphatic rings. The molecule has 0 bridgehead atoms. The number of anilines is 2. The number of carbonyl (C=O) groups is 1. The lowest BCUT2D eigenvalue weighted by atomic mass is 10.1. The second-order valence-electron chi connectivity index (χ2n) is 5.84. The van der Waals surface area contributed by atoms with E-state index in [9.17, 15) is 4.79 Å². The normalized spacial score (nSPS) is 15.0. The van der Waals surface area contributed by atoms with Crippen molar-refractivity contribution in [3.63, 3.8) is 0 Å². The third kappa shape index (κ3) is 3.67. The SMILES string of the molecule is CCCSCC(=O)Nc1nn(C)c2cccc(N3CCOCC3)c12. The molecule has 0 aliphatic carbocycles. The Kier molecular flexibility index (Phi) is 5.63. The van der Waals surface area contributed by atoms with E-state index in [-0.39, 0.29) is 5.91 Å². The number of carbonyl (C=O) groups excluding carboxylic acids is 1. The Bertz CT molecular complexity index is 710. The van der Waals surface area contributed by atoms with E-state index in [1.165, 1.54) is 0 Å². The summed E-state index contributed by atoms with van der Waals surface area (Å²) in [7, 11) is 1.91. The number of thioether (sulfide) groups is 1. The first-order valence-electron chi connectivity index (χ1n) is 8.36. The van der Waals surface area contributed by atoms with Crippen LogP contribution in [0.2, 0.25) is 0 Å². The highest BCUT2D eigenvalue weighted by molar-refractivity contribution is 7.99. The standard InChI is InChI=1S/C17H24N4O2S/c1-3-11-24-12-15(22)18-17-16-13(20(2)19-17)5-4-6-14(16)21-7-9-23-10-8-21/h4-6H,3,7-12H2,1-2H3,(H,18,19,22). The molecule has 7 heteroatoms. The van der Waals surface area contributed by atoms with Gasteiger partial charge in [0.25, 0.3) is 0 Å². The number of hydrogen-bond acceptors (Lipinski definition) is 5. The van der Waals surface area contributed by atoms with Crippen molar-refractivity contribution in [2.75, 3.05) is 48.0 Å². The Hall–Kier alpha value is -1.73. The van der Waals surface area contributed by atoms with E-state index in [1.54, 1.807) is 11.8 Å². The molecule has 6 nitrogen and oxygen atoms in total. The van der Waals surface area contributed by atoms with Gasteiger partial charge in [-0.15, -0.1) is 0 Å². The lowest BCUT2D eigenvalue weighted by Crippen LogP contribution is -2.36. The fourth-order valence-electron chi connectivity index (χ4n) is 2.93. The first-order chi connectivity index (χ1) is 11.7. The molecule has 1 saturated heterocycles. The third-order valence-corrected chi connectivity index (χ3v) is 5.21. The maximum atomic E-state index is 12.2. The molecule has 1 fully saturated rings. The first-order valence-corrected chi connectivity index (χ1v) is 9.52. The minimum atomic E-state index is 0.00484. The van der Waals surface area contributed by atoms with Crippen molar-refractivity contribution in [1.82, 2.24) is 9.78 Å². The van der Waals surface area contributed by atoms with Gasteiger partial charge in [0.15, 0.2) is 5.82 Å². The predicted octanol–water partition coefficient (Wildman–Crippen LogP) is 2.49. The predicted molar refractivity (Wildman–Crippen MR) is 100.0 cm³/mol. The van der Waals surface area contributed by atoms with Gasteiger partial charge < -0.3 is 15.0 Å². The molecule has 1 aliphatic heterocycles. The topological polar surface area (TPSA) is 59.4 Å². The smallest absolute Gasteiger partial charge is 0.235 e. The zero-order valence-electron chi connectivity index (χ0n) is 14.2. The van der Waals surface area contributed by atoms with Crippen molar-refractivity contribution in [2.24, 2.45) is 7.05 Å². The summed E-state index contributed by atoms with van der Waals surface area (Å²) in [4.78, 5) is 14.5. The molecule has 0 saturated carbocycles. The lowest BCUT2D eigenvalue weighted by molar-refractivity contribution is -0.113. The summed E-state index contributed by atoms with van der Waals surface area (Å²) in [5.41, 5.74) is 2.14. The quantitative estimate of drug-likeness (QED) is 0.813. The Morgan fingerprint density at radius 2 is 2.17 bits per heavy atom. The molecule has 1 aromatic carbocycles. The number of morpholine rings is 1.